The smallest absolute Gasteiger partial charge is 0.220 e. The van der Waals surface area contributed by atoms with Crippen LogP contribution in [0.4, 0.5) is 4.39 Å². The van der Waals surface area contributed by atoms with Gasteiger partial charge in [-0.1, -0.05) is 32.9 Å². The van der Waals surface area contributed by atoms with Crippen molar-refractivity contribution in [2.75, 3.05) is 13.2 Å². The number of carbonyl (C=O) groups excluding carboxylic acids is 1. The summed E-state index contributed by atoms with van der Waals surface area (Å²) in [6.07, 6.45) is 0.967. The minimum absolute atomic E-state index is 0.00654. The summed E-state index contributed by atoms with van der Waals surface area (Å²) >= 11 is 0. The fraction of sp³-hybridized carbons (Fsp3) is 0.533. The van der Waals surface area contributed by atoms with E-state index in [-0.39, 0.29) is 22.9 Å². The van der Waals surface area contributed by atoms with Crippen molar-refractivity contribution in [2.45, 2.75) is 33.6 Å². The Hall–Kier alpha value is -1.58. The van der Waals surface area contributed by atoms with Crippen LogP contribution in [0, 0.1) is 11.2 Å². The quantitative estimate of drug-likeness (QED) is 0.804. The molecule has 0 atom stereocenters. The zero-order valence-corrected chi connectivity index (χ0v) is 11.8. The zero-order valence-electron chi connectivity index (χ0n) is 11.8. The summed E-state index contributed by atoms with van der Waals surface area (Å²) in [4.78, 5) is 11.5. The number of carbonyl (C=O) groups is 1. The highest BCUT2D eigenvalue weighted by molar-refractivity contribution is 5.75. The second-order valence-electron chi connectivity index (χ2n) is 5.72. The fourth-order valence-corrected chi connectivity index (χ4v) is 1.43. The van der Waals surface area contributed by atoms with E-state index in [0.717, 1.165) is 0 Å². The van der Waals surface area contributed by atoms with Gasteiger partial charge in [0.25, 0.3) is 0 Å². The van der Waals surface area contributed by atoms with Crippen LogP contribution in [-0.2, 0) is 4.79 Å². The first kappa shape index (κ1) is 15.5. The average molecular weight is 267 g/mol. The van der Waals surface area contributed by atoms with Gasteiger partial charge in [0, 0.05) is 13.0 Å². The van der Waals surface area contributed by atoms with Crippen LogP contribution in [0.2, 0.25) is 0 Å². The normalized spacial score (nSPS) is 11.2. The highest BCUT2D eigenvalue weighted by Crippen LogP contribution is 2.15. The molecule has 1 rings (SSSR count). The Labute approximate surface area is 114 Å². The standard InChI is InChI=1S/C15H22FNO2/c1-15(2,3)11-17-14(18)9-6-10-19-13-8-5-4-7-12(13)16/h4-5,7-8H,6,9-11H2,1-3H3,(H,17,18). The number of amides is 1. The van der Waals surface area contributed by atoms with Gasteiger partial charge in [-0.05, 0) is 24.0 Å². The molecule has 1 aromatic carbocycles. The Morgan fingerprint density at radius 3 is 2.63 bits per heavy atom. The number of benzene rings is 1. The molecule has 0 fully saturated rings. The molecule has 1 N–H and O–H groups in total. The van der Waals surface area contributed by atoms with Crippen LogP contribution in [0.25, 0.3) is 0 Å². The monoisotopic (exact) mass is 267 g/mol. The van der Waals surface area contributed by atoms with E-state index >= 15 is 0 Å². The molecule has 106 valence electrons. The van der Waals surface area contributed by atoms with Gasteiger partial charge in [-0.2, -0.15) is 0 Å². The highest BCUT2D eigenvalue weighted by Gasteiger charge is 2.11. The molecule has 1 aromatic rings. The van der Waals surface area contributed by atoms with Gasteiger partial charge in [0.1, 0.15) is 0 Å². The first-order valence-electron chi connectivity index (χ1n) is 6.52. The highest BCUT2D eigenvalue weighted by atomic mass is 19.1. The van der Waals surface area contributed by atoms with E-state index in [4.69, 9.17) is 4.74 Å². The molecule has 0 aromatic heterocycles. The Kier molecular flexibility index (Phi) is 5.80. The summed E-state index contributed by atoms with van der Waals surface area (Å²) in [5, 5.41) is 2.86. The third kappa shape index (κ3) is 6.79. The lowest BCUT2D eigenvalue weighted by Gasteiger charge is -2.18. The van der Waals surface area contributed by atoms with Gasteiger partial charge in [0.05, 0.1) is 6.61 Å². The summed E-state index contributed by atoms with van der Waals surface area (Å²) in [7, 11) is 0. The van der Waals surface area contributed by atoms with Crippen LogP contribution in [-0.4, -0.2) is 19.1 Å². The molecule has 19 heavy (non-hydrogen) atoms. The van der Waals surface area contributed by atoms with Crippen LogP contribution >= 0.6 is 0 Å². The lowest BCUT2D eigenvalue weighted by molar-refractivity contribution is -0.121. The Morgan fingerprint density at radius 1 is 1.32 bits per heavy atom. The van der Waals surface area contributed by atoms with Crippen LogP contribution in [0.15, 0.2) is 24.3 Å². The lowest BCUT2D eigenvalue weighted by Crippen LogP contribution is -2.32. The molecular formula is C15H22FNO2. The van der Waals surface area contributed by atoms with Gasteiger partial charge in [0.15, 0.2) is 11.6 Å². The van der Waals surface area contributed by atoms with Crippen LogP contribution in [0.3, 0.4) is 0 Å². The Morgan fingerprint density at radius 2 is 2.00 bits per heavy atom. The van der Waals surface area contributed by atoms with E-state index in [1.54, 1.807) is 18.2 Å². The zero-order chi connectivity index (χ0) is 14.3. The maximum absolute atomic E-state index is 13.2. The van der Waals surface area contributed by atoms with Crippen molar-refractivity contribution in [3.8, 4) is 5.75 Å². The van der Waals surface area contributed by atoms with E-state index in [0.29, 0.717) is 26.0 Å². The van der Waals surface area contributed by atoms with E-state index in [1.165, 1.54) is 6.07 Å². The van der Waals surface area contributed by atoms with E-state index in [9.17, 15) is 9.18 Å². The number of hydrogen-bond donors (Lipinski definition) is 1. The number of ether oxygens (including phenoxy) is 1. The molecule has 1 amide bonds. The molecule has 3 nitrogen and oxygen atoms in total. The Bertz CT molecular complexity index is 413. The van der Waals surface area contributed by atoms with E-state index < -0.39 is 0 Å². The van der Waals surface area contributed by atoms with Gasteiger partial charge in [-0.15, -0.1) is 0 Å². The van der Waals surface area contributed by atoms with Crippen molar-refractivity contribution < 1.29 is 13.9 Å². The number of halogens is 1. The fourth-order valence-electron chi connectivity index (χ4n) is 1.43. The molecule has 0 aliphatic heterocycles. The number of hydrogen-bond acceptors (Lipinski definition) is 2. The molecule has 0 bridgehead atoms. The number of rotatable bonds is 6. The largest absolute Gasteiger partial charge is 0.491 e. The van der Waals surface area contributed by atoms with Crippen LogP contribution < -0.4 is 10.1 Å². The third-order valence-electron chi connectivity index (χ3n) is 2.46. The predicted octanol–water partition coefficient (Wildman–Crippen LogP) is 3.15. The summed E-state index contributed by atoms with van der Waals surface area (Å²) in [5.41, 5.74) is 0.0827. The summed E-state index contributed by atoms with van der Waals surface area (Å²) in [6, 6.07) is 6.26. The first-order valence-corrected chi connectivity index (χ1v) is 6.52. The Balaban J connectivity index is 2.17. The molecule has 0 aliphatic carbocycles. The molecule has 0 saturated heterocycles. The predicted molar refractivity (Wildman–Crippen MR) is 73.6 cm³/mol. The molecule has 0 heterocycles. The molecule has 0 unspecified atom stereocenters. The van der Waals surface area contributed by atoms with Gasteiger partial charge >= 0.3 is 0 Å². The van der Waals surface area contributed by atoms with Crippen molar-refractivity contribution in [3.63, 3.8) is 0 Å². The topological polar surface area (TPSA) is 38.3 Å². The third-order valence-corrected chi connectivity index (χ3v) is 2.46. The van der Waals surface area contributed by atoms with Crippen LogP contribution in [0.5, 0.6) is 5.75 Å². The molecule has 0 radical (unpaired) electrons. The van der Waals surface area contributed by atoms with Gasteiger partial charge in [-0.3, -0.25) is 4.79 Å². The molecule has 0 aliphatic rings. The summed E-state index contributed by atoms with van der Waals surface area (Å²) in [5.74, 6) is -0.135. The maximum Gasteiger partial charge on any atom is 0.220 e. The second kappa shape index (κ2) is 7.12. The average Bonchev–Trinajstić information content (AvgIpc) is 2.33. The first-order chi connectivity index (χ1) is 8.88. The van der Waals surface area contributed by atoms with E-state index in [2.05, 4.69) is 26.1 Å². The number of nitrogens with one attached hydrogen (secondary N) is 1. The van der Waals surface area contributed by atoms with Crippen molar-refractivity contribution in [3.05, 3.63) is 30.1 Å². The summed E-state index contributed by atoms with van der Waals surface area (Å²) < 4.78 is 18.5. The van der Waals surface area contributed by atoms with Crippen molar-refractivity contribution in [1.29, 1.82) is 0 Å². The molecule has 0 saturated carbocycles. The summed E-state index contributed by atoms with van der Waals surface area (Å²) in [6.45, 7) is 7.18. The van der Waals surface area contributed by atoms with Crippen LogP contribution in [0.1, 0.15) is 33.6 Å². The molecule has 0 spiro atoms. The molecule has 4 heteroatoms. The molecular weight excluding hydrogens is 245 g/mol. The minimum atomic E-state index is -0.375. The SMILES string of the molecule is CC(C)(C)CNC(=O)CCCOc1ccccc1F. The lowest BCUT2D eigenvalue weighted by atomic mass is 9.97. The minimum Gasteiger partial charge on any atom is -0.491 e. The van der Waals surface area contributed by atoms with Crippen molar-refractivity contribution >= 4 is 5.91 Å². The van der Waals surface area contributed by atoms with Gasteiger partial charge in [-0.25, -0.2) is 4.39 Å². The van der Waals surface area contributed by atoms with Crippen molar-refractivity contribution in [2.24, 2.45) is 5.41 Å². The number of para-hydroxylation sites is 1. The van der Waals surface area contributed by atoms with E-state index in [1.807, 2.05) is 0 Å². The second-order valence-corrected chi connectivity index (χ2v) is 5.72. The maximum atomic E-state index is 13.2. The van der Waals surface area contributed by atoms with Gasteiger partial charge in [0.2, 0.25) is 5.91 Å². The van der Waals surface area contributed by atoms with Gasteiger partial charge < -0.3 is 10.1 Å². The van der Waals surface area contributed by atoms with Crippen molar-refractivity contribution in [1.82, 2.24) is 5.32 Å².